The zero-order valence-electron chi connectivity index (χ0n) is 52.9. The van der Waals surface area contributed by atoms with Gasteiger partial charge in [0.1, 0.15) is 24.4 Å². The summed E-state index contributed by atoms with van der Waals surface area (Å²) in [7, 11) is 0. The summed E-state index contributed by atoms with van der Waals surface area (Å²) < 4.78 is 11.3. The van der Waals surface area contributed by atoms with Crippen LogP contribution in [0, 0.1) is 0 Å². The van der Waals surface area contributed by atoms with Gasteiger partial charge < -0.3 is 40.3 Å². The SMILES string of the molecule is CCCCCCCCCCCCCCCCCC/C=C/CC/C=C/CC/C=C/C(O)C(COC1OC(CO)C(O)C(O)C1O)NC(=O)CCCCCCCCCCCCCCCCCCCCCCCCCCCCCCCCC. The van der Waals surface area contributed by atoms with E-state index in [1.807, 2.05) is 6.08 Å². The van der Waals surface area contributed by atoms with Gasteiger partial charge in [0.25, 0.3) is 0 Å². The highest BCUT2D eigenvalue weighted by atomic mass is 16.7. The average molecular weight is 1130 g/mol. The van der Waals surface area contributed by atoms with Crippen LogP contribution in [-0.2, 0) is 14.3 Å². The smallest absolute Gasteiger partial charge is 0.220 e. The minimum atomic E-state index is -1.57. The molecule has 0 aromatic rings. The first kappa shape index (κ1) is 76.4. The van der Waals surface area contributed by atoms with Crippen LogP contribution in [0.1, 0.15) is 354 Å². The summed E-state index contributed by atoms with van der Waals surface area (Å²) in [5, 5.41) is 54.7. The van der Waals surface area contributed by atoms with E-state index in [1.165, 1.54) is 289 Å². The standard InChI is InChI=1S/C71H135NO8/c1-3-5-7-9-11-13-15-17-19-21-23-25-27-29-31-32-33-34-35-37-39-41-43-45-47-49-51-53-55-57-59-61-67(75)72-64(63-79-71-70(78)69(77)68(76)66(62-73)80-71)65(74)60-58-56-54-52-50-48-46-44-42-40-38-36-30-28-26-24-22-20-18-16-14-12-10-8-6-4-2/h42,44,50,52,58,60,64-66,68-71,73-74,76-78H,3-41,43,45-49,51,53-57,59,61-63H2,1-2H3,(H,72,75)/b44-42+,52-50+,60-58+. The molecule has 1 amide bonds. The summed E-state index contributed by atoms with van der Waals surface area (Å²) in [6.45, 7) is 3.81. The topological polar surface area (TPSA) is 149 Å². The average Bonchev–Trinajstić information content (AvgIpc) is 3.46. The number of nitrogens with one attached hydrogen (secondary N) is 1. The molecule has 0 aliphatic carbocycles. The summed E-state index contributed by atoms with van der Waals surface area (Å²) in [5.74, 6) is -0.183. The maximum Gasteiger partial charge on any atom is 0.220 e. The number of carbonyl (C=O) groups excluding carboxylic acids is 1. The number of aliphatic hydroxyl groups is 5. The van der Waals surface area contributed by atoms with Gasteiger partial charge >= 0.3 is 0 Å². The Hall–Kier alpha value is -1.59. The maximum absolute atomic E-state index is 13.1. The molecule has 1 saturated heterocycles. The largest absolute Gasteiger partial charge is 0.394 e. The highest BCUT2D eigenvalue weighted by Gasteiger charge is 2.44. The summed E-state index contributed by atoms with van der Waals surface area (Å²) in [5.41, 5.74) is 0. The molecule has 1 fully saturated rings. The van der Waals surface area contributed by atoms with E-state index in [4.69, 9.17) is 9.47 Å². The van der Waals surface area contributed by atoms with Crippen LogP contribution < -0.4 is 5.32 Å². The van der Waals surface area contributed by atoms with E-state index in [1.54, 1.807) is 6.08 Å². The van der Waals surface area contributed by atoms with Gasteiger partial charge in [-0.3, -0.25) is 4.79 Å². The fraction of sp³-hybridized carbons (Fsp3) is 0.901. The zero-order chi connectivity index (χ0) is 57.9. The quantitative estimate of drug-likeness (QED) is 0.0261. The number of unbranched alkanes of at least 4 members (excludes halogenated alkanes) is 48. The van der Waals surface area contributed by atoms with Gasteiger partial charge in [-0.05, 0) is 44.9 Å². The Morgan fingerprint density at radius 2 is 0.713 bits per heavy atom. The molecule has 0 saturated carbocycles. The molecule has 0 spiro atoms. The predicted molar refractivity (Wildman–Crippen MR) is 341 cm³/mol. The maximum atomic E-state index is 13.1. The van der Waals surface area contributed by atoms with Crippen LogP contribution in [0.2, 0.25) is 0 Å². The normalized spacial score (nSPS) is 18.6. The highest BCUT2D eigenvalue weighted by molar-refractivity contribution is 5.76. The molecule has 7 atom stereocenters. The lowest BCUT2D eigenvalue weighted by Crippen LogP contribution is -2.60. The van der Waals surface area contributed by atoms with Crippen molar-refractivity contribution in [1.82, 2.24) is 5.32 Å². The summed E-state index contributed by atoms with van der Waals surface area (Å²) in [6, 6.07) is -0.828. The van der Waals surface area contributed by atoms with E-state index in [9.17, 15) is 30.3 Å². The highest BCUT2D eigenvalue weighted by Crippen LogP contribution is 2.23. The number of allylic oxidation sites excluding steroid dienone is 5. The first-order valence-corrected chi connectivity index (χ1v) is 35.2. The van der Waals surface area contributed by atoms with E-state index < -0.39 is 49.5 Å². The lowest BCUT2D eigenvalue weighted by Gasteiger charge is -2.40. The van der Waals surface area contributed by atoms with Crippen molar-refractivity contribution in [3.8, 4) is 0 Å². The fourth-order valence-corrected chi connectivity index (χ4v) is 11.4. The van der Waals surface area contributed by atoms with E-state index in [0.717, 1.165) is 44.9 Å². The van der Waals surface area contributed by atoms with Crippen LogP contribution >= 0.6 is 0 Å². The molecule has 0 radical (unpaired) electrons. The Kier molecular flexibility index (Phi) is 57.8. The van der Waals surface area contributed by atoms with Crippen molar-refractivity contribution in [2.75, 3.05) is 13.2 Å². The molecule has 1 rings (SSSR count). The van der Waals surface area contributed by atoms with E-state index >= 15 is 0 Å². The van der Waals surface area contributed by atoms with Crippen molar-refractivity contribution in [3.63, 3.8) is 0 Å². The molecule has 0 aromatic carbocycles. The zero-order valence-corrected chi connectivity index (χ0v) is 52.9. The van der Waals surface area contributed by atoms with Crippen molar-refractivity contribution in [1.29, 1.82) is 0 Å². The fourth-order valence-electron chi connectivity index (χ4n) is 11.4. The number of hydrogen-bond donors (Lipinski definition) is 6. The molecule has 472 valence electrons. The van der Waals surface area contributed by atoms with E-state index in [0.29, 0.717) is 6.42 Å². The van der Waals surface area contributed by atoms with Crippen LogP contribution in [-0.4, -0.2) is 87.5 Å². The number of hydrogen-bond acceptors (Lipinski definition) is 8. The Labute approximate surface area is 495 Å². The monoisotopic (exact) mass is 1130 g/mol. The van der Waals surface area contributed by atoms with Crippen molar-refractivity contribution in [2.24, 2.45) is 0 Å². The minimum Gasteiger partial charge on any atom is -0.394 e. The molecular weight excluding hydrogens is 995 g/mol. The second kappa shape index (κ2) is 60.5. The van der Waals surface area contributed by atoms with E-state index in [-0.39, 0.29) is 12.5 Å². The Balaban J connectivity index is 2.14. The van der Waals surface area contributed by atoms with Gasteiger partial charge in [-0.2, -0.15) is 0 Å². The third-order valence-electron chi connectivity index (χ3n) is 16.9. The molecular formula is C71H135NO8. The van der Waals surface area contributed by atoms with Gasteiger partial charge in [-0.15, -0.1) is 0 Å². The molecule has 6 N–H and O–H groups in total. The lowest BCUT2D eigenvalue weighted by molar-refractivity contribution is -0.302. The Bertz CT molecular complexity index is 1360. The van der Waals surface area contributed by atoms with Crippen LogP contribution in [0.4, 0.5) is 0 Å². The van der Waals surface area contributed by atoms with Gasteiger partial charge in [0.15, 0.2) is 6.29 Å². The Morgan fingerprint density at radius 1 is 0.412 bits per heavy atom. The van der Waals surface area contributed by atoms with Gasteiger partial charge in [0.2, 0.25) is 5.91 Å². The minimum absolute atomic E-state index is 0.183. The molecule has 9 heteroatoms. The lowest BCUT2D eigenvalue weighted by atomic mass is 9.99. The van der Waals surface area contributed by atoms with Crippen molar-refractivity contribution >= 4 is 5.91 Å². The molecule has 0 bridgehead atoms. The van der Waals surface area contributed by atoms with Crippen LogP contribution in [0.3, 0.4) is 0 Å². The first-order valence-electron chi connectivity index (χ1n) is 35.2. The summed E-state index contributed by atoms with van der Waals surface area (Å²) in [6.07, 6.45) is 74.1. The third-order valence-corrected chi connectivity index (χ3v) is 16.9. The molecule has 7 unspecified atom stereocenters. The number of ether oxygens (including phenoxy) is 2. The summed E-state index contributed by atoms with van der Waals surface area (Å²) >= 11 is 0. The number of carbonyl (C=O) groups is 1. The second-order valence-corrected chi connectivity index (χ2v) is 24.7. The molecule has 0 aromatic heterocycles. The molecule has 80 heavy (non-hydrogen) atoms. The number of aliphatic hydroxyl groups excluding tert-OH is 5. The van der Waals surface area contributed by atoms with Gasteiger partial charge in [0, 0.05) is 6.42 Å². The van der Waals surface area contributed by atoms with Crippen LogP contribution in [0.5, 0.6) is 0 Å². The van der Waals surface area contributed by atoms with Gasteiger partial charge in [-0.25, -0.2) is 0 Å². The van der Waals surface area contributed by atoms with Crippen molar-refractivity contribution in [2.45, 2.75) is 397 Å². The van der Waals surface area contributed by atoms with Crippen molar-refractivity contribution < 1.29 is 39.8 Å². The van der Waals surface area contributed by atoms with Gasteiger partial charge in [0.05, 0.1) is 25.4 Å². The first-order chi connectivity index (χ1) is 39.3. The van der Waals surface area contributed by atoms with Crippen LogP contribution in [0.25, 0.3) is 0 Å². The van der Waals surface area contributed by atoms with Crippen molar-refractivity contribution in [3.05, 3.63) is 36.5 Å². The molecule has 1 aliphatic rings. The molecule has 1 heterocycles. The number of rotatable bonds is 62. The van der Waals surface area contributed by atoms with E-state index in [2.05, 4.69) is 43.5 Å². The molecule has 9 nitrogen and oxygen atoms in total. The van der Waals surface area contributed by atoms with Gasteiger partial charge in [-0.1, -0.05) is 339 Å². The summed E-state index contributed by atoms with van der Waals surface area (Å²) in [4.78, 5) is 13.1. The number of amides is 1. The molecule has 1 aliphatic heterocycles. The predicted octanol–water partition coefficient (Wildman–Crippen LogP) is 19.0. The Morgan fingerprint density at radius 3 is 1.05 bits per heavy atom. The third kappa shape index (κ3) is 48.7. The second-order valence-electron chi connectivity index (χ2n) is 24.7. The van der Waals surface area contributed by atoms with Crippen LogP contribution in [0.15, 0.2) is 36.5 Å².